The lowest BCUT2D eigenvalue weighted by Gasteiger charge is -2.11. The number of rotatable bonds is 8. The Morgan fingerprint density at radius 3 is 2.59 bits per heavy atom. The molecule has 32 heavy (non-hydrogen) atoms. The summed E-state index contributed by atoms with van der Waals surface area (Å²) in [6, 6.07) is 17.7. The lowest BCUT2D eigenvalue weighted by atomic mass is 10.1. The van der Waals surface area contributed by atoms with E-state index in [-0.39, 0.29) is 24.5 Å². The van der Waals surface area contributed by atoms with Gasteiger partial charge in [0.25, 0.3) is 5.56 Å². The van der Waals surface area contributed by atoms with Gasteiger partial charge in [-0.05, 0) is 56.4 Å². The van der Waals surface area contributed by atoms with Crippen LogP contribution in [0, 0.1) is 0 Å². The van der Waals surface area contributed by atoms with Crippen molar-refractivity contribution < 1.29 is 9.53 Å². The van der Waals surface area contributed by atoms with E-state index in [0.717, 1.165) is 24.1 Å². The lowest BCUT2D eigenvalue weighted by Crippen LogP contribution is -2.23. The quantitative estimate of drug-likeness (QED) is 0.483. The van der Waals surface area contributed by atoms with Gasteiger partial charge in [0.2, 0.25) is 0 Å². The molecule has 0 bridgehead atoms. The largest absolute Gasteiger partial charge is 0.449 e. The van der Waals surface area contributed by atoms with Crippen LogP contribution in [0.15, 0.2) is 65.5 Å². The third-order valence-electron chi connectivity index (χ3n) is 4.50. The van der Waals surface area contributed by atoms with E-state index in [1.165, 1.54) is 10.7 Å². The number of halogens is 2. The summed E-state index contributed by atoms with van der Waals surface area (Å²) in [5.41, 5.74) is 2.75. The summed E-state index contributed by atoms with van der Waals surface area (Å²) in [5, 5.41) is 7.82. The van der Waals surface area contributed by atoms with Gasteiger partial charge in [-0.1, -0.05) is 35.9 Å². The summed E-state index contributed by atoms with van der Waals surface area (Å²) in [6.07, 6.45) is 0.259. The van der Waals surface area contributed by atoms with Crippen LogP contribution in [-0.2, 0) is 11.3 Å². The van der Waals surface area contributed by atoms with Gasteiger partial charge in [0.05, 0.1) is 18.8 Å². The molecule has 3 rings (SSSR count). The van der Waals surface area contributed by atoms with Crippen LogP contribution in [0.5, 0.6) is 0 Å². The molecule has 1 heterocycles. The molecule has 0 atom stereocenters. The minimum atomic E-state index is -0.504. The normalized spacial score (nSPS) is 10.5. The van der Waals surface area contributed by atoms with Gasteiger partial charge in [-0.15, -0.1) is 12.4 Å². The summed E-state index contributed by atoms with van der Waals surface area (Å²) in [7, 11) is 3.94. The summed E-state index contributed by atoms with van der Waals surface area (Å²) >= 11 is 5.95. The average molecular weight is 477 g/mol. The van der Waals surface area contributed by atoms with E-state index < -0.39 is 6.09 Å². The van der Waals surface area contributed by atoms with Crippen LogP contribution in [0.25, 0.3) is 11.3 Å². The van der Waals surface area contributed by atoms with E-state index >= 15 is 0 Å². The number of hydrogen-bond donors (Lipinski definition) is 1. The monoisotopic (exact) mass is 476 g/mol. The molecule has 0 radical (unpaired) electrons. The third-order valence-corrected chi connectivity index (χ3v) is 4.75. The Morgan fingerprint density at radius 1 is 1.12 bits per heavy atom. The SMILES string of the molecule is CN(C)CCCOC(=O)Nc1cccc(Cn2nc(-c3ccc(Cl)cc3)ccc2=O)c1.Cl. The van der Waals surface area contributed by atoms with Gasteiger partial charge in [0, 0.05) is 28.9 Å². The highest BCUT2D eigenvalue weighted by Gasteiger charge is 2.07. The molecule has 9 heteroatoms. The zero-order chi connectivity index (χ0) is 22.2. The van der Waals surface area contributed by atoms with Crippen LogP contribution in [-0.4, -0.2) is 48.0 Å². The number of aromatic nitrogens is 2. The van der Waals surface area contributed by atoms with E-state index in [2.05, 4.69) is 10.4 Å². The first-order valence-corrected chi connectivity index (χ1v) is 10.3. The van der Waals surface area contributed by atoms with E-state index in [0.29, 0.717) is 23.0 Å². The summed E-state index contributed by atoms with van der Waals surface area (Å²) in [4.78, 5) is 26.3. The Morgan fingerprint density at radius 2 is 1.88 bits per heavy atom. The molecule has 1 amide bonds. The van der Waals surface area contributed by atoms with Crippen molar-refractivity contribution in [3.05, 3.63) is 81.6 Å². The topological polar surface area (TPSA) is 76.5 Å². The first-order valence-electron chi connectivity index (χ1n) is 9.92. The number of nitrogens with zero attached hydrogens (tertiary/aromatic N) is 3. The van der Waals surface area contributed by atoms with E-state index in [9.17, 15) is 9.59 Å². The van der Waals surface area contributed by atoms with Crippen molar-refractivity contribution in [3.63, 3.8) is 0 Å². The van der Waals surface area contributed by atoms with Gasteiger partial charge in [-0.3, -0.25) is 10.1 Å². The van der Waals surface area contributed by atoms with Gasteiger partial charge in [-0.2, -0.15) is 5.10 Å². The molecule has 1 aromatic heterocycles. The van der Waals surface area contributed by atoms with Crippen molar-refractivity contribution in [3.8, 4) is 11.3 Å². The minimum Gasteiger partial charge on any atom is -0.449 e. The maximum absolute atomic E-state index is 12.3. The molecule has 170 valence electrons. The number of carbonyl (C=O) groups is 1. The molecule has 0 aliphatic heterocycles. The Kier molecular flexibility index (Phi) is 9.71. The fraction of sp³-hybridized carbons (Fsp3) is 0.261. The molecular weight excluding hydrogens is 451 g/mol. The zero-order valence-corrected chi connectivity index (χ0v) is 19.5. The fourth-order valence-electron chi connectivity index (χ4n) is 2.96. The molecule has 0 unspecified atom stereocenters. The first kappa shape index (κ1) is 25.4. The van der Waals surface area contributed by atoms with Gasteiger partial charge in [0.15, 0.2) is 0 Å². The first-order chi connectivity index (χ1) is 14.9. The van der Waals surface area contributed by atoms with Crippen LogP contribution in [0.4, 0.5) is 10.5 Å². The number of ether oxygens (including phenoxy) is 1. The van der Waals surface area contributed by atoms with Crippen LogP contribution in [0.2, 0.25) is 5.02 Å². The van der Waals surface area contributed by atoms with Crippen molar-refractivity contribution in [2.45, 2.75) is 13.0 Å². The predicted molar refractivity (Wildman–Crippen MR) is 130 cm³/mol. The number of nitrogens with one attached hydrogen (secondary N) is 1. The molecular formula is C23H26Cl2N4O3. The average Bonchev–Trinajstić information content (AvgIpc) is 2.74. The fourth-order valence-corrected chi connectivity index (χ4v) is 3.08. The van der Waals surface area contributed by atoms with Crippen LogP contribution in [0.1, 0.15) is 12.0 Å². The molecule has 0 aliphatic rings. The Hall–Kier alpha value is -2.87. The summed E-state index contributed by atoms with van der Waals surface area (Å²) in [6.45, 7) is 1.47. The van der Waals surface area contributed by atoms with Crippen molar-refractivity contribution in [1.82, 2.24) is 14.7 Å². The number of benzene rings is 2. The minimum absolute atomic E-state index is 0. The van der Waals surface area contributed by atoms with Crippen molar-refractivity contribution in [2.75, 3.05) is 32.6 Å². The molecule has 0 saturated carbocycles. The molecule has 7 nitrogen and oxygen atoms in total. The van der Waals surface area contributed by atoms with Gasteiger partial charge >= 0.3 is 6.09 Å². The number of anilines is 1. The highest BCUT2D eigenvalue weighted by Crippen LogP contribution is 2.19. The second kappa shape index (κ2) is 12.2. The van der Waals surface area contributed by atoms with E-state index in [4.69, 9.17) is 16.3 Å². The van der Waals surface area contributed by atoms with Gasteiger partial charge in [-0.25, -0.2) is 9.48 Å². The molecule has 0 spiro atoms. The van der Waals surface area contributed by atoms with E-state index in [1.807, 2.05) is 43.3 Å². The maximum Gasteiger partial charge on any atom is 0.411 e. The molecule has 0 saturated heterocycles. The van der Waals surface area contributed by atoms with E-state index in [1.54, 1.807) is 30.3 Å². The molecule has 0 aliphatic carbocycles. The Balaban J connectivity index is 0.00000363. The standard InChI is InChI=1S/C23H25ClN4O3.ClH/c1-27(2)13-4-14-31-23(30)25-20-6-3-5-17(15-20)16-28-22(29)12-11-21(26-28)18-7-9-19(24)10-8-18;/h3,5-12,15H,4,13-14,16H2,1-2H3,(H,25,30);1H. The summed E-state index contributed by atoms with van der Waals surface area (Å²) in [5.74, 6) is 0. The third kappa shape index (κ3) is 7.67. The Labute approximate surface area is 198 Å². The highest BCUT2D eigenvalue weighted by molar-refractivity contribution is 6.30. The molecule has 1 N–H and O–H groups in total. The predicted octanol–water partition coefficient (Wildman–Crippen LogP) is 4.53. The van der Waals surface area contributed by atoms with Crippen molar-refractivity contribution in [1.29, 1.82) is 0 Å². The van der Waals surface area contributed by atoms with Crippen LogP contribution < -0.4 is 10.9 Å². The molecule has 0 fully saturated rings. The van der Waals surface area contributed by atoms with Crippen LogP contribution >= 0.6 is 24.0 Å². The number of carbonyl (C=O) groups excluding carboxylic acids is 1. The smallest absolute Gasteiger partial charge is 0.411 e. The maximum atomic E-state index is 12.3. The highest BCUT2D eigenvalue weighted by atomic mass is 35.5. The second-order valence-electron chi connectivity index (χ2n) is 7.34. The van der Waals surface area contributed by atoms with Crippen molar-refractivity contribution >= 4 is 35.8 Å². The molecule has 2 aromatic carbocycles. The lowest BCUT2D eigenvalue weighted by molar-refractivity contribution is 0.156. The second-order valence-corrected chi connectivity index (χ2v) is 7.78. The number of hydrogen-bond acceptors (Lipinski definition) is 5. The van der Waals surface area contributed by atoms with Crippen LogP contribution in [0.3, 0.4) is 0 Å². The van der Waals surface area contributed by atoms with Crippen molar-refractivity contribution in [2.24, 2.45) is 0 Å². The molecule has 3 aromatic rings. The van der Waals surface area contributed by atoms with Gasteiger partial charge in [0.1, 0.15) is 0 Å². The summed E-state index contributed by atoms with van der Waals surface area (Å²) < 4.78 is 6.58. The zero-order valence-electron chi connectivity index (χ0n) is 18.0. The number of amides is 1. The Bertz CT molecular complexity index is 1090. The van der Waals surface area contributed by atoms with Gasteiger partial charge < -0.3 is 9.64 Å².